The van der Waals surface area contributed by atoms with Crippen molar-refractivity contribution in [2.45, 2.75) is 25.2 Å². The summed E-state index contributed by atoms with van der Waals surface area (Å²) in [7, 11) is 0. The van der Waals surface area contributed by atoms with Crippen molar-refractivity contribution in [3.05, 3.63) is 57.8 Å². The number of halogens is 1. The Bertz CT molecular complexity index is 845. The van der Waals surface area contributed by atoms with Gasteiger partial charge in [-0.2, -0.15) is 15.8 Å². The molecule has 1 aromatic rings. The molecule has 0 saturated heterocycles. The summed E-state index contributed by atoms with van der Waals surface area (Å²) in [5, 5.41) is 29.9. The van der Waals surface area contributed by atoms with Gasteiger partial charge in [0, 0.05) is 10.9 Å². The lowest BCUT2D eigenvalue weighted by atomic mass is 9.57. The van der Waals surface area contributed by atoms with Crippen molar-refractivity contribution < 1.29 is 0 Å². The second-order valence-corrected chi connectivity index (χ2v) is 6.59. The highest BCUT2D eigenvalue weighted by molar-refractivity contribution is 6.30. The molecule has 5 heteroatoms. The Morgan fingerprint density at radius 1 is 1.12 bits per heavy atom. The number of nitrogens with zero attached hydrogens (tertiary/aromatic N) is 3. The van der Waals surface area contributed by atoms with Crippen molar-refractivity contribution >= 4 is 11.6 Å². The SMILES string of the molecule is N#CC1=C(N)C(C#N)(C#N)[C@@H](c2ccc(Cl)cc2)[C@@H]2CCCC=C12. The first kappa shape index (κ1) is 16.1. The molecule has 2 atom stereocenters. The average molecular weight is 335 g/mol. The Balaban J connectivity index is 2.31. The Morgan fingerprint density at radius 2 is 1.79 bits per heavy atom. The summed E-state index contributed by atoms with van der Waals surface area (Å²) in [6.45, 7) is 0. The zero-order valence-corrected chi connectivity index (χ0v) is 13.7. The number of allylic oxidation sites excluding steroid dienone is 4. The van der Waals surface area contributed by atoms with Crippen LogP contribution in [0.3, 0.4) is 0 Å². The maximum atomic E-state index is 9.86. The third kappa shape index (κ3) is 2.18. The molecule has 118 valence electrons. The van der Waals surface area contributed by atoms with E-state index >= 15 is 0 Å². The normalized spacial score (nSPS) is 24.8. The van der Waals surface area contributed by atoms with Gasteiger partial charge in [-0.1, -0.05) is 29.8 Å². The van der Waals surface area contributed by atoms with Gasteiger partial charge in [0.05, 0.1) is 23.4 Å². The average Bonchev–Trinajstić information content (AvgIpc) is 2.62. The van der Waals surface area contributed by atoms with Gasteiger partial charge in [0.25, 0.3) is 0 Å². The quantitative estimate of drug-likeness (QED) is 0.841. The molecule has 0 amide bonds. The summed E-state index contributed by atoms with van der Waals surface area (Å²) in [5.41, 5.74) is 6.75. The minimum atomic E-state index is -1.54. The van der Waals surface area contributed by atoms with Gasteiger partial charge >= 0.3 is 0 Å². The molecule has 0 heterocycles. The van der Waals surface area contributed by atoms with Crippen molar-refractivity contribution in [1.82, 2.24) is 0 Å². The van der Waals surface area contributed by atoms with Crippen LogP contribution in [0.5, 0.6) is 0 Å². The maximum absolute atomic E-state index is 9.86. The zero-order valence-electron chi connectivity index (χ0n) is 13.0. The van der Waals surface area contributed by atoms with E-state index in [0.29, 0.717) is 10.6 Å². The molecule has 2 N–H and O–H groups in total. The van der Waals surface area contributed by atoms with Crippen LogP contribution in [0, 0.1) is 45.3 Å². The summed E-state index contributed by atoms with van der Waals surface area (Å²) in [4.78, 5) is 0. The number of hydrogen-bond donors (Lipinski definition) is 1. The molecule has 0 radical (unpaired) electrons. The molecule has 1 aromatic carbocycles. The lowest BCUT2D eigenvalue weighted by Crippen LogP contribution is -2.42. The molecule has 0 fully saturated rings. The highest BCUT2D eigenvalue weighted by Crippen LogP contribution is 2.55. The topological polar surface area (TPSA) is 97.4 Å². The Labute approximate surface area is 146 Å². The molecule has 24 heavy (non-hydrogen) atoms. The molecular formula is C19H15ClN4. The van der Waals surface area contributed by atoms with Gasteiger partial charge in [0.15, 0.2) is 5.41 Å². The van der Waals surface area contributed by atoms with Crippen molar-refractivity contribution in [3.63, 3.8) is 0 Å². The van der Waals surface area contributed by atoms with E-state index in [-0.39, 0.29) is 11.6 Å². The third-order valence-corrected chi connectivity index (χ3v) is 5.28. The van der Waals surface area contributed by atoms with Gasteiger partial charge in [-0.05, 0) is 48.4 Å². The standard InChI is InChI=1S/C19H15ClN4/c20-13-7-5-12(6-8-13)17-15-4-2-1-3-14(15)16(9-21)18(24)19(17,10-22)11-23/h3,5-8,15,17H,1-2,4,24H2/t15-,17+/m1/s1. The van der Waals surface area contributed by atoms with E-state index in [1.54, 1.807) is 12.1 Å². The fourth-order valence-corrected chi connectivity index (χ4v) is 4.05. The summed E-state index contributed by atoms with van der Waals surface area (Å²) in [6, 6.07) is 13.6. The van der Waals surface area contributed by atoms with E-state index in [1.807, 2.05) is 18.2 Å². The Morgan fingerprint density at radius 3 is 2.38 bits per heavy atom. The van der Waals surface area contributed by atoms with E-state index in [1.165, 1.54) is 0 Å². The first-order valence-corrected chi connectivity index (χ1v) is 8.15. The van der Waals surface area contributed by atoms with Crippen molar-refractivity contribution in [2.24, 2.45) is 17.1 Å². The minimum absolute atomic E-state index is 0.0684. The molecule has 0 unspecified atom stereocenters. The summed E-state index contributed by atoms with van der Waals surface area (Å²) in [5.74, 6) is -0.477. The molecule has 2 aliphatic rings. The number of fused-ring (bicyclic) bond motifs is 1. The van der Waals surface area contributed by atoms with Crippen LogP contribution in [0.4, 0.5) is 0 Å². The highest BCUT2D eigenvalue weighted by atomic mass is 35.5. The first-order valence-electron chi connectivity index (χ1n) is 7.77. The van der Waals surface area contributed by atoms with Crippen LogP contribution in [0.2, 0.25) is 5.02 Å². The molecule has 4 nitrogen and oxygen atoms in total. The van der Waals surface area contributed by atoms with Crippen LogP contribution < -0.4 is 5.73 Å². The van der Waals surface area contributed by atoms with Crippen LogP contribution >= 0.6 is 11.6 Å². The van der Waals surface area contributed by atoms with Gasteiger partial charge in [-0.3, -0.25) is 0 Å². The van der Waals surface area contributed by atoms with Crippen molar-refractivity contribution in [3.8, 4) is 18.2 Å². The van der Waals surface area contributed by atoms with Crippen LogP contribution in [0.15, 0.2) is 47.2 Å². The van der Waals surface area contributed by atoms with Gasteiger partial charge in [0.1, 0.15) is 6.07 Å². The van der Waals surface area contributed by atoms with E-state index in [9.17, 15) is 15.8 Å². The number of nitriles is 3. The fourth-order valence-electron chi connectivity index (χ4n) is 3.92. The maximum Gasteiger partial charge on any atom is 0.191 e. The van der Waals surface area contributed by atoms with Gasteiger partial charge in [-0.25, -0.2) is 0 Å². The third-order valence-electron chi connectivity index (χ3n) is 5.03. The van der Waals surface area contributed by atoms with Crippen LogP contribution in [0.1, 0.15) is 30.7 Å². The lowest BCUT2D eigenvalue weighted by molar-refractivity contribution is 0.317. The summed E-state index contributed by atoms with van der Waals surface area (Å²) in [6.07, 6.45) is 4.69. The zero-order chi connectivity index (χ0) is 17.3. The monoisotopic (exact) mass is 334 g/mol. The molecule has 0 aliphatic heterocycles. The van der Waals surface area contributed by atoms with Crippen LogP contribution in [-0.4, -0.2) is 0 Å². The smallest absolute Gasteiger partial charge is 0.191 e. The van der Waals surface area contributed by atoms with Crippen molar-refractivity contribution in [2.75, 3.05) is 0 Å². The number of benzene rings is 1. The number of nitrogens with two attached hydrogens (primary N) is 1. The predicted molar refractivity (Wildman–Crippen MR) is 90.1 cm³/mol. The largest absolute Gasteiger partial charge is 0.399 e. The van der Waals surface area contributed by atoms with E-state index < -0.39 is 11.3 Å². The highest BCUT2D eigenvalue weighted by Gasteiger charge is 2.53. The van der Waals surface area contributed by atoms with Gasteiger partial charge in [0.2, 0.25) is 0 Å². The van der Waals surface area contributed by atoms with E-state index in [0.717, 1.165) is 30.4 Å². The summed E-state index contributed by atoms with van der Waals surface area (Å²) < 4.78 is 0. The minimum Gasteiger partial charge on any atom is -0.399 e. The molecule has 3 rings (SSSR count). The van der Waals surface area contributed by atoms with E-state index in [2.05, 4.69) is 18.2 Å². The Hall–Kier alpha value is -2.74. The molecule has 0 spiro atoms. The van der Waals surface area contributed by atoms with E-state index in [4.69, 9.17) is 17.3 Å². The second-order valence-electron chi connectivity index (χ2n) is 6.16. The molecule has 2 aliphatic carbocycles. The first-order chi connectivity index (χ1) is 11.6. The lowest BCUT2D eigenvalue weighted by Gasteiger charge is -2.43. The van der Waals surface area contributed by atoms with Crippen molar-refractivity contribution in [1.29, 1.82) is 15.8 Å². The van der Waals surface area contributed by atoms with Gasteiger partial charge < -0.3 is 5.73 Å². The number of rotatable bonds is 1. The molecule has 0 bridgehead atoms. The summed E-state index contributed by atoms with van der Waals surface area (Å²) >= 11 is 5.98. The number of hydrogen-bond acceptors (Lipinski definition) is 4. The molecular weight excluding hydrogens is 320 g/mol. The van der Waals surface area contributed by atoms with Crippen LogP contribution in [-0.2, 0) is 0 Å². The predicted octanol–water partition coefficient (Wildman–Crippen LogP) is 3.93. The fraction of sp³-hybridized carbons (Fsp3) is 0.316. The van der Waals surface area contributed by atoms with Gasteiger partial charge in [-0.15, -0.1) is 0 Å². The molecule has 0 saturated carbocycles. The Kier molecular flexibility index (Phi) is 4.06. The second kappa shape index (κ2) is 6.04. The molecule has 0 aromatic heterocycles. The van der Waals surface area contributed by atoms with Crippen LogP contribution in [0.25, 0.3) is 0 Å².